The summed E-state index contributed by atoms with van der Waals surface area (Å²) in [6, 6.07) is 11.1. The quantitative estimate of drug-likeness (QED) is 0.423. The lowest BCUT2D eigenvalue weighted by molar-refractivity contribution is -0.142. The summed E-state index contributed by atoms with van der Waals surface area (Å²) in [5.74, 6) is 0.0490. The van der Waals surface area contributed by atoms with Crippen molar-refractivity contribution in [3.8, 4) is 5.75 Å². The van der Waals surface area contributed by atoms with Crippen LogP contribution in [0.25, 0.3) is 0 Å². The molecule has 1 saturated carbocycles. The van der Waals surface area contributed by atoms with E-state index in [4.69, 9.17) is 9.47 Å². The molecule has 0 spiro atoms. The number of carbonyl (C=O) groups is 3. The maximum Gasteiger partial charge on any atom is 0.408 e. The van der Waals surface area contributed by atoms with Gasteiger partial charge in [0.1, 0.15) is 23.4 Å². The van der Waals surface area contributed by atoms with Crippen molar-refractivity contribution in [3.05, 3.63) is 59.2 Å². The SMILES string of the molecule is COc1ccc(NC(=O)C(c2cc(C)ccc2C)N(C(=O)C(NC(=O)OC(C)(C)C)C(C)C)C2CC2C)cc1. The van der Waals surface area contributed by atoms with Gasteiger partial charge < -0.3 is 25.0 Å². The number of amides is 3. The Morgan fingerprint density at radius 3 is 2.15 bits per heavy atom. The molecule has 1 aliphatic carbocycles. The van der Waals surface area contributed by atoms with Crippen LogP contribution in [0, 0.1) is 25.7 Å². The first-order chi connectivity index (χ1) is 18.2. The maximum absolute atomic E-state index is 14.3. The summed E-state index contributed by atoms with van der Waals surface area (Å²) in [4.78, 5) is 42.8. The maximum atomic E-state index is 14.3. The molecule has 3 amide bonds. The predicted octanol–water partition coefficient (Wildman–Crippen LogP) is 5.78. The number of methoxy groups -OCH3 is 1. The highest BCUT2D eigenvalue weighted by Crippen LogP contribution is 2.42. The van der Waals surface area contributed by atoms with Crippen molar-refractivity contribution < 1.29 is 23.9 Å². The molecular formula is C31H43N3O5. The van der Waals surface area contributed by atoms with E-state index in [1.807, 2.05) is 45.9 Å². The Bertz CT molecular complexity index is 1190. The molecule has 4 atom stereocenters. The van der Waals surface area contributed by atoms with Crippen LogP contribution in [0.5, 0.6) is 5.75 Å². The number of hydrogen-bond donors (Lipinski definition) is 2. The number of rotatable bonds is 9. The Kier molecular flexibility index (Phi) is 9.30. The highest BCUT2D eigenvalue weighted by Gasteiger charge is 2.49. The summed E-state index contributed by atoms with van der Waals surface area (Å²) in [6.45, 7) is 15.1. The largest absolute Gasteiger partial charge is 0.497 e. The molecule has 2 aromatic rings. The van der Waals surface area contributed by atoms with Gasteiger partial charge in [-0.1, -0.05) is 44.5 Å². The second kappa shape index (κ2) is 12.1. The third-order valence-electron chi connectivity index (χ3n) is 6.90. The molecular weight excluding hydrogens is 494 g/mol. The number of nitrogens with one attached hydrogen (secondary N) is 2. The molecule has 1 aliphatic rings. The highest BCUT2D eigenvalue weighted by atomic mass is 16.6. The van der Waals surface area contributed by atoms with E-state index in [1.54, 1.807) is 57.0 Å². The monoisotopic (exact) mass is 537 g/mol. The summed E-state index contributed by atoms with van der Waals surface area (Å²) < 4.78 is 10.7. The van der Waals surface area contributed by atoms with Gasteiger partial charge in [-0.15, -0.1) is 0 Å². The van der Waals surface area contributed by atoms with Crippen LogP contribution in [0.15, 0.2) is 42.5 Å². The third kappa shape index (κ3) is 7.74. The lowest BCUT2D eigenvalue weighted by atomic mass is 9.94. The minimum Gasteiger partial charge on any atom is -0.497 e. The van der Waals surface area contributed by atoms with Crippen molar-refractivity contribution in [2.75, 3.05) is 12.4 Å². The number of alkyl carbamates (subject to hydrolysis) is 1. The molecule has 3 rings (SSSR count). The van der Waals surface area contributed by atoms with E-state index in [2.05, 4.69) is 17.6 Å². The van der Waals surface area contributed by atoms with Crippen LogP contribution in [0.3, 0.4) is 0 Å². The molecule has 1 fully saturated rings. The summed E-state index contributed by atoms with van der Waals surface area (Å²) >= 11 is 0. The third-order valence-corrected chi connectivity index (χ3v) is 6.90. The Balaban J connectivity index is 2.05. The number of nitrogens with zero attached hydrogens (tertiary/aromatic N) is 1. The zero-order valence-corrected chi connectivity index (χ0v) is 24.6. The number of carbonyl (C=O) groups excluding carboxylic acids is 3. The van der Waals surface area contributed by atoms with E-state index < -0.39 is 23.8 Å². The highest BCUT2D eigenvalue weighted by molar-refractivity contribution is 5.99. The smallest absolute Gasteiger partial charge is 0.408 e. The van der Waals surface area contributed by atoms with E-state index in [0.717, 1.165) is 23.1 Å². The van der Waals surface area contributed by atoms with Crippen LogP contribution in [0.1, 0.15) is 70.7 Å². The molecule has 39 heavy (non-hydrogen) atoms. The fourth-order valence-electron chi connectivity index (χ4n) is 4.64. The van der Waals surface area contributed by atoms with Gasteiger partial charge in [-0.3, -0.25) is 9.59 Å². The number of hydrogen-bond acceptors (Lipinski definition) is 5. The van der Waals surface area contributed by atoms with Gasteiger partial charge in [0.05, 0.1) is 7.11 Å². The number of anilines is 1. The van der Waals surface area contributed by atoms with Crippen molar-refractivity contribution in [3.63, 3.8) is 0 Å². The molecule has 0 saturated heterocycles. The minimum absolute atomic E-state index is 0.134. The average molecular weight is 538 g/mol. The van der Waals surface area contributed by atoms with E-state index in [-0.39, 0.29) is 29.7 Å². The molecule has 2 aromatic carbocycles. The lowest BCUT2D eigenvalue weighted by Gasteiger charge is -2.36. The Morgan fingerprint density at radius 1 is 1.03 bits per heavy atom. The van der Waals surface area contributed by atoms with Crippen molar-refractivity contribution >= 4 is 23.6 Å². The summed E-state index contributed by atoms with van der Waals surface area (Å²) in [5, 5.41) is 5.80. The summed E-state index contributed by atoms with van der Waals surface area (Å²) in [5.41, 5.74) is 2.54. The van der Waals surface area contributed by atoms with E-state index >= 15 is 0 Å². The van der Waals surface area contributed by atoms with Gasteiger partial charge in [0.2, 0.25) is 5.91 Å². The van der Waals surface area contributed by atoms with E-state index in [0.29, 0.717) is 11.4 Å². The Labute approximate surface area is 232 Å². The van der Waals surface area contributed by atoms with Gasteiger partial charge in [0.15, 0.2) is 0 Å². The van der Waals surface area contributed by atoms with Gasteiger partial charge in [-0.2, -0.15) is 0 Å². The second-order valence-electron chi connectivity index (χ2n) is 11.9. The van der Waals surface area contributed by atoms with Crippen LogP contribution in [-0.4, -0.2) is 47.6 Å². The van der Waals surface area contributed by atoms with Crippen molar-refractivity contribution in [1.29, 1.82) is 0 Å². The Hall–Kier alpha value is -3.55. The molecule has 2 N–H and O–H groups in total. The van der Waals surface area contributed by atoms with Crippen LogP contribution < -0.4 is 15.4 Å². The molecule has 4 unspecified atom stereocenters. The Morgan fingerprint density at radius 2 is 1.64 bits per heavy atom. The predicted molar refractivity (Wildman–Crippen MR) is 153 cm³/mol. The lowest BCUT2D eigenvalue weighted by Crippen LogP contribution is -2.55. The standard InChI is InChI=1S/C31H43N3O5/c1-18(2)26(33-30(37)39-31(6,7)8)29(36)34(25-17-21(25)5)27(24-16-19(3)10-11-20(24)4)28(35)32-22-12-14-23(38-9)15-13-22/h10-16,18,21,25-27H,17H2,1-9H3,(H,32,35)(H,33,37). The molecule has 0 aliphatic heterocycles. The molecule has 0 bridgehead atoms. The van der Waals surface area contributed by atoms with Gasteiger partial charge >= 0.3 is 6.09 Å². The van der Waals surface area contributed by atoms with Crippen LogP contribution in [0.2, 0.25) is 0 Å². The normalized spacial score (nSPS) is 18.1. The zero-order valence-electron chi connectivity index (χ0n) is 24.6. The fourth-order valence-corrected chi connectivity index (χ4v) is 4.64. The molecule has 8 heteroatoms. The molecule has 0 heterocycles. The molecule has 0 radical (unpaired) electrons. The molecule has 0 aromatic heterocycles. The average Bonchev–Trinajstić information content (AvgIpc) is 3.57. The van der Waals surface area contributed by atoms with Crippen molar-refractivity contribution in [1.82, 2.24) is 10.2 Å². The minimum atomic E-state index is -0.892. The molecule has 8 nitrogen and oxygen atoms in total. The fraction of sp³-hybridized carbons (Fsp3) is 0.516. The van der Waals surface area contributed by atoms with Gasteiger partial charge in [-0.25, -0.2) is 4.79 Å². The van der Waals surface area contributed by atoms with E-state index in [1.165, 1.54) is 0 Å². The topological polar surface area (TPSA) is 97.0 Å². The molecule has 212 valence electrons. The number of ether oxygens (including phenoxy) is 2. The number of aryl methyl sites for hydroxylation is 2. The van der Waals surface area contributed by atoms with Crippen LogP contribution in [0.4, 0.5) is 10.5 Å². The van der Waals surface area contributed by atoms with Crippen LogP contribution >= 0.6 is 0 Å². The summed E-state index contributed by atoms with van der Waals surface area (Å²) in [6.07, 6.45) is 0.115. The summed E-state index contributed by atoms with van der Waals surface area (Å²) in [7, 11) is 1.58. The second-order valence-corrected chi connectivity index (χ2v) is 11.9. The van der Waals surface area contributed by atoms with Crippen molar-refractivity contribution in [2.24, 2.45) is 11.8 Å². The van der Waals surface area contributed by atoms with Gasteiger partial charge in [0.25, 0.3) is 5.91 Å². The van der Waals surface area contributed by atoms with E-state index in [9.17, 15) is 14.4 Å². The first kappa shape index (κ1) is 30.0. The van der Waals surface area contributed by atoms with Crippen molar-refractivity contribution in [2.45, 2.75) is 85.5 Å². The van der Waals surface area contributed by atoms with Gasteiger partial charge in [-0.05, 0) is 88.3 Å². The first-order valence-electron chi connectivity index (χ1n) is 13.6. The zero-order chi connectivity index (χ0) is 29.1. The first-order valence-corrected chi connectivity index (χ1v) is 13.6. The number of benzene rings is 2. The van der Waals surface area contributed by atoms with Crippen LogP contribution in [-0.2, 0) is 14.3 Å². The van der Waals surface area contributed by atoms with Gasteiger partial charge in [0, 0.05) is 11.7 Å².